The summed E-state index contributed by atoms with van der Waals surface area (Å²) in [6.07, 6.45) is 3.81. The molecule has 0 unspecified atom stereocenters. The monoisotopic (exact) mass is 337 g/mol. The SMILES string of the molecule is CCCCOc1ccc2c(Nc3cccc([N+](=O)[O-])c3)ccnc2c1. The van der Waals surface area contributed by atoms with Crippen LogP contribution < -0.4 is 10.1 Å². The Bertz CT molecular complexity index is 896. The summed E-state index contributed by atoms with van der Waals surface area (Å²) < 4.78 is 5.72. The molecule has 128 valence electrons. The van der Waals surface area contributed by atoms with Crippen LogP contribution in [0.3, 0.4) is 0 Å². The fourth-order valence-electron chi connectivity index (χ4n) is 2.51. The molecule has 0 amide bonds. The van der Waals surface area contributed by atoms with Gasteiger partial charge in [-0.3, -0.25) is 15.1 Å². The molecule has 0 saturated carbocycles. The van der Waals surface area contributed by atoms with Gasteiger partial charge in [0, 0.05) is 41.2 Å². The second kappa shape index (κ2) is 7.61. The summed E-state index contributed by atoms with van der Waals surface area (Å²) in [6.45, 7) is 2.81. The number of nitro benzene ring substituents is 1. The molecule has 25 heavy (non-hydrogen) atoms. The number of non-ortho nitro benzene ring substituents is 1. The van der Waals surface area contributed by atoms with Gasteiger partial charge in [0.2, 0.25) is 0 Å². The number of pyridine rings is 1. The van der Waals surface area contributed by atoms with Gasteiger partial charge >= 0.3 is 0 Å². The molecule has 1 heterocycles. The van der Waals surface area contributed by atoms with E-state index in [2.05, 4.69) is 17.2 Å². The van der Waals surface area contributed by atoms with Crippen LogP contribution in [0.5, 0.6) is 5.75 Å². The molecular formula is C19H19N3O3. The van der Waals surface area contributed by atoms with Crippen molar-refractivity contribution in [1.82, 2.24) is 4.98 Å². The number of aromatic nitrogens is 1. The van der Waals surface area contributed by atoms with E-state index < -0.39 is 4.92 Å². The molecule has 2 aromatic carbocycles. The number of hydrogen-bond acceptors (Lipinski definition) is 5. The molecule has 0 aliphatic heterocycles. The van der Waals surface area contributed by atoms with E-state index in [1.54, 1.807) is 18.3 Å². The van der Waals surface area contributed by atoms with Crippen LogP contribution >= 0.6 is 0 Å². The molecule has 0 atom stereocenters. The van der Waals surface area contributed by atoms with Gasteiger partial charge in [-0.05, 0) is 30.7 Å². The number of rotatable bonds is 7. The first-order valence-electron chi connectivity index (χ1n) is 8.20. The summed E-state index contributed by atoms with van der Waals surface area (Å²) in [5, 5.41) is 15.1. The van der Waals surface area contributed by atoms with Crippen LogP contribution in [0.4, 0.5) is 17.1 Å². The molecule has 6 nitrogen and oxygen atoms in total. The normalized spacial score (nSPS) is 10.6. The molecule has 0 aliphatic rings. The van der Waals surface area contributed by atoms with Gasteiger partial charge in [0.05, 0.1) is 17.0 Å². The maximum atomic E-state index is 10.9. The maximum absolute atomic E-state index is 10.9. The highest BCUT2D eigenvalue weighted by molar-refractivity contribution is 5.93. The van der Waals surface area contributed by atoms with Gasteiger partial charge in [-0.25, -0.2) is 0 Å². The summed E-state index contributed by atoms with van der Waals surface area (Å²) in [6, 6.07) is 14.0. The summed E-state index contributed by atoms with van der Waals surface area (Å²) in [4.78, 5) is 14.9. The van der Waals surface area contributed by atoms with Crippen LogP contribution in [0.1, 0.15) is 19.8 Å². The number of unbranched alkanes of at least 4 members (excludes halogenated alkanes) is 1. The summed E-state index contributed by atoms with van der Waals surface area (Å²) in [5.41, 5.74) is 2.36. The topological polar surface area (TPSA) is 77.3 Å². The predicted molar refractivity (Wildman–Crippen MR) is 98.5 cm³/mol. The van der Waals surface area contributed by atoms with Crippen molar-refractivity contribution in [3.63, 3.8) is 0 Å². The average Bonchev–Trinajstić information content (AvgIpc) is 2.62. The second-order valence-electron chi connectivity index (χ2n) is 5.67. The molecule has 0 radical (unpaired) electrons. The maximum Gasteiger partial charge on any atom is 0.271 e. The van der Waals surface area contributed by atoms with Gasteiger partial charge in [-0.1, -0.05) is 19.4 Å². The van der Waals surface area contributed by atoms with Crippen LogP contribution in [0, 0.1) is 10.1 Å². The smallest absolute Gasteiger partial charge is 0.271 e. The third-order valence-corrected chi connectivity index (χ3v) is 3.82. The second-order valence-corrected chi connectivity index (χ2v) is 5.67. The molecule has 0 saturated heterocycles. The fraction of sp³-hybridized carbons (Fsp3) is 0.211. The highest BCUT2D eigenvalue weighted by Gasteiger charge is 2.08. The van der Waals surface area contributed by atoms with Crippen molar-refractivity contribution in [3.8, 4) is 5.75 Å². The predicted octanol–water partition coefficient (Wildman–Crippen LogP) is 5.07. The number of nitrogens with one attached hydrogen (secondary N) is 1. The Hall–Kier alpha value is -3.15. The number of hydrogen-bond donors (Lipinski definition) is 1. The third kappa shape index (κ3) is 4.03. The molecule has 3 rings (SSSR count). The Morgan fingerprint density at radius 2 is 2.08 bits per heavy atom. The number of nitrogens with zero attached hydrogens (tertiary/aromatic N) is 2. The van der Waals surface area contributed by atoms with E-state index in [0.29, 0.717) is 12.3 Å². The molecule has 6 heteroatoms. The van der Waals surface area contributed by atoms with Crippen LogP contribution in [0.25, 0.3) is 10.9 Å². The molecule has 0 spiro atoms. The number of ether oxygens (including phenoxy) is 1. The van der Waals surface area contributed by atoms with E-state index in [-0.39, 0.29) is 5.69 Å². The van der Waals surface area contributed by atoms with E-state index in [0.717, 1.165) is 35.2 Å². The fourth-order valence-corrected chi connectivity index (χ4v) is 2.51. The Labute approximate surface area is 145 Å². The van der Waals surface area contributed by atoms with Gasteiger partial charge in [0.1, 0.15) is 5.75 Å². The van der Waals surface area contributed by atoms with Gasteiger partial charge in [-0.2, -0.15) is 0 Å². The average molecular weight is 337 g/mol. The number of benzene rings is 2. The van der Waals surface area contributed by atoms with Crippen LogP contribution in [0.15, 0.2) is 54.7 Å². The standard InChI is InChI=1S/C19H19N3O3/c1-2-3-11-25-16-7-8-17-18(9-10-20-19(17)13-16)21-14-5-4-6-15(12-14)22(23)24/h4-10,12-13H,2-3,11H2,1H3,(H,20,21). The van der Waals surface area contributed by atoms with Gasteiger partial charge < -0.3 is 10.1 Å². The minimum atomic E-state index is -0.407. The van der Waals surface area contributed by atoms with E-state index in [4.69, 9.17) is 4.74 Å². The Morgan fingerprint density at radius 3 is 2.88 bits per heavy atom. The summed E-state index contributed by atoms with van der Waals surface area (Å²) >= 11 is 0. The lowest BCUT2D eigenvalue weighted by Crippen LogP contribution is -1.97. The molecule has 0 aliphatic carbocycles. The Kier molecular flexibility index (Phi) is 5.09. The van der Waals surface area contributed by atoms with Crippen molar-refractivity contribution in [2.24, 2.45) is 0 Å². The highest BCUT2D eigenvalue weighted by atomic mass is 16.6. The van der Waals surface area contributed by atoms with E-state index in [1.165, 1.54) is 12.1 Å². The minimum absolute atomic E-state index is 0.0509. The molecule has 3 aromatic rings. The first-order chi connectivity index (χ1) is 12.2. The van der Waals surface area contributed by atoms with Crippen LogP contribution in [-0.2, 0) is 0 Å². The zero-order chi connectivity index (χ0) is 17.6. The van der Waals surface area contributed by atoms with Gasteiger partial charge in [-0.15, -0.1) is 0 Å². The summed E-state index contributed by atoms with van der Waals surface area (Å²) in [5.74, 6) is 0.793. The largest absolute Gasteiger partial charge is 0.494 e. The first-order valence-corrected chi connectivity index (χ1v) is 8.20. The minimum Gasteiger partial charge on any atom is -0.494 e. The van der Waals surface area contributed by atoms with Crippen molar-refractivity contribution in [3.05, 3.63) is 64.8 Å². The molecule has 1 N–H and O–H groups in total. The molecule has 1 aromatic heterocycles. The van der Waals surface area contributed by atoms with Crippen LogP contribution in [0.2, 0.25) is 0 Å². The number of anilines is 2. The van der Waals surface area contributed by atoms with Crippen molar-refractivity contribution >= 4 is 28.0 Å². The highest BCUT2D eigenvalue weighted by Crippen LogP contribution is 2.29. The van der Waals surface area contributed by atoms with E-state index in [9.17, 15) is 10.1 Å². The quantitative estimate of drug-likeness (QED) is 0.370. The molecule has 0 fully saturated rings. The van der Waals surface area contributed by atoms with Gasteiger partial charge in [0.15, 0.2) is 0 Å². The van der Waals surface area contributed by atoms with E-state index in [1.807, 2.05) is 24.3 Å². The number of nitro groups is 1. The Morgan fingerprint density at radius 1 is 1.20 bits per heavy atom. The zero-order valence-corrected chi connectivity index (χ0v) is 13.9. The lowest BCUT2D eigenvalue weighted by Gasteiger charge is -2.11. The Balaban J connectivity index is 1.86. The summed E-state index contributed by atoms with van der Waals surface area (Å²) in [7, 11) is 0. The van der Waals surface area contributed by atoms with E-state index >= 15 is 0 Å². The van der Waals surface area contributed by atoms with Crippen molar-refractivity contribution in [2.45, 2.75) is 19.8 Å². The van der Waals surface area contributed by atoms with Crippen molar-refractivity contribution < 1.29 is 9.66 Å². The number of fused-ring (bicyclic) bond motifs is 1. The van der Waals surface area contributed by atoms with Crippen molar-refractivity contribution in [1.29, 1.82) is 0 Å². The van der Waals surface area contributed by atoms with Crippen molar-refractivity contribution in [2.75, 3.05) is 11.9 Å². The lowest BCUT2D eigenvalue weighted by atomic mass is 10.1. The third-order valence-electron chi connectivity index (χ3n) is 3.82. The molecule has 0 bridgehead atoms. The van der Waals surface area contributed by atoms with Gasteiger partial charge in [0.25, 0.3) is 5.69 Å². The zero-order valence-electron chi connectivity index (χ0n) is 13.9. The lowest BCUT2D eigenvalue weighted by molar-refractivity contribution is -0.384. The molecular weight excluding hydrogens is 318 g/mol. The van der Waals surface area contributed by atoms with Crippen LogP contribution in [-0.4, -0.2) is 16.5 Å². The first kappa shape index (κ1) is 16.7.